The molecule has 22 heavy (non-hydrogen) atoms. The van der Waals surface area contributed by atoms with E-state index in [1.807, 2.05) is 6.07 Å². The van der Waals surface area contributed by atoms with Gasteiger partial charge in [0.2, 0.25) is 0 Å². The molecule has 114 valence electrons. The van der Waals surface area contributed by atoms with Crippen LogP contribution >= 0.6 is 11.7 Å². The van der Waals surface area contributed by atoms with Crippen LogP contribution in [0.2, 0.25) is 0 Å². The predicted molar refractivity (Wildman–Crippen MR) is 83.5 cm³/mol. The van der Waals surface area contributed by atoms with Gasteiger partial charge in [-0.3, -0.25) is 9.48 Å². The molecule has 0 unspecified atom stereocenters. The number of amides is 1. The summed E-state index contributed by atoms with van der Waals surface area (Å²) in [5.74, 6) is 0.159. The van der Waals surface area contributed by atoms with Crippen molar-refractivity contribution in [2.45, 2.75) is 26.4 Å². The molecule has 1 amide bonds. The molecule has 8 heteroatoms. The summed E-state index contributed by atoms with van der Waals surface area (Å²) in [6.07, 6.45) is 3.41. The van der Waals surface area contributed by atoms with Crippen LogP contribution in [-0.4, -0.2) is 35.7 Å². The fourth-order valence-corrected chi connectivity index (χ4v) is 2.65. The number of benzene rings is 1. The molecular weight excluding hydrogens is 300 g/mol. The standard InChI is InChI=1S/C14H16N6OS/c1-9(2)13(8-20-6-5-15-19-20)16-14(21)10-3-4-11-12(7-10)18-22-17-11/h3-7,9,13H,8H2,1-2H3,(H,16,21)/t13-/m1/s1. The largest absolute Gasteiger partial charge is 0.347 e. The number of fused-ring (bicyclic) bond motifs is 1. The third-order valence-electron chi connectivity index (χ3n) is 3.49. The maximum absolute atomic E-state index is 12.5. The van der Waals surface area contributed by atoms with Crippen molar-refractivity contribution in [3.05, 3.63) is 36.2 Å². The maximum atomic E-state index is 12.5. The van der Waals surface area contributed by atoms with E-state index in [0.29, 0.717) is 12.1 Å². The Morgan fingerprint density at radius 3 is 2.86 bits per heavy atom. The van der Waals surface area contributed by atoms with E-state index in [2.05, 4.69) is 38.2 Å². The Labute approximate surface area is 131 Å². The zero-order chi connectivity index (χ0) is 15.5. The van der Waals surface area contributed by atoms with E-state index in [-0.39, 0.29) is 17.9 Å². The molecule has 7 nitrogen and oxygen atoms in total. The van der Waals surface area contributed by atoms with Crippen LogP contribution in [0.25, 0.3) is 11.0 Å². The monoisotopic (exact) mass is 316 g/mol. The lowest BCUT2D eigenvalue weighted by Gasteiger charge is -2.22. The van der Waals surface area contributed by atoms with Crippen molar-refractivity contribution in [2.24, 2.45) is 5.92 Å². The first kappa shape index (κ1) is 14.6. The summed E-state index contributed by atoms with van der Waals surface area (Å²) in [6, 6.07) is 5.32. The van der Waals surface area contributed by atoms with Gasteiger partial charge in [-0.05, 0) is 24.1 Å². The lowest BCUT2D eigenvalue weighted by molar-refractivity contribution is 0.0919. The molecule has 3 rings (SSSR count). The fourth-order valence-electron chi connectivity index (χ4n) is 2.13. The first-order valence-corrected chi connectivity index (χ1v) is 7.74. The molecule has 2 aromatic heterocycles. The highest BCUT2D eigenvalue weighted by Crippen LogP contribution is 2.14. The lowest BCUT2D eigenvalue weighted by Crippen LogP contribution is -2.41. The summed E-state index contributed by atoms with van der Waals surface area (Å²) in [6.45, 7) is 4.72. The second-order valence-corrected chi connectivity index (χ2v) is 5.95. The smallest absolute Gasteiger partial charge is 0.251 e. The number of carbonyl (C=O) groups is 1. The summed E-state index contributed by atoms with van der Waals surface area (Å²) < 4.78 is 10.0. The fraction of sp³-hybridized carbons (Fsp3) is 0.357. The zero-order valence-electron chi connectivity index (χ0n) is 12.3. The van der Waals surface area contributed by atoms with Crippen molar-refractivity contribution in [1.29, 1.82) is 0 Å². The average molecular weight is 316 g/mol. The van der Waals surface area contributed by atoms with Gasteiger partial charge >= 0.3 is 0 Å². The molecule has 1 aromatic carbocycles. The number of rotatable bonds is 5. The van der Waals surface area contributed by atoms with Crippen LogP contribution in [0, 0.1) is 5.92 Å². The highest BCUT2D eigenvalue weighted by Gasteiger charge is 2.18. The topological polar surface area (TPSA) is 85.6 Å². The molecule has 3 aromatic rings. The van der Waals surface area contributed by atoms with Crippen molar-refractivity contribution < 1.29 is 4.79 Å². The quantitative estimate of drug-likeness (QED) is 0.775. The van der Waals surface area contributed by atoms with Crippen LogP contribution in [0.3, 0.4) is 0 Å². The molecular formula is C14H16N6OS. The summed E-state index contributed by atoms with van der Waals surface area (Å²) in [7, 11) is 0. The summed E-state index contributed by atoms with van der Waals surface area (Å²) >= 11 is 1.14. The van der Waals surface area contributed by atoms with E-state index in [0.717, 1.165) is 22.8 Å². The number of aromatic nitrogens is 5. The molecule has 2 heterocycles. The number of nitrogens with one attached hydrogen (secondary N) is 1. The van der Waals surface area contributed by atoms with Gasteiger partial charge in [0.15, 0.2) is 0 Å². The SMILES string of the molecule is CC(C)[C@@H](Cn1ccnn1)NC(=O)c1ccc2nsnc2c1. The van der Waals surface area contributed by atoms with Crippen LogP contribution in [0.15, 0.2) is 30.6 Å². The van der Waals surface area contributed by atoms with Gasteiger partial charge in [-0.25, -0.2) is 0 Å². The van der Waals surface area contributed by atoms with Gasteiger partial charge in [-0.1, -0.05) is 19.1 Å². The molecule has 0 bridgehead atoms. The highest BCUT2D eigenvalue weighted by molar-refractivity contribution is 7.00. The van der Waals surface area contributed by atoms with Gasteiger partial charge in [0.1, 0.15) is 11.0 Å². The Balaban J connectivity index is 1.75. The van der Waals surface area contributed by atoms with E-state index in [4.69, 9.17) is 0 Å². The molecule has 0 aliphatic heterocycles. The summed E-state index contributed by atoms with van der Waals surface area (Å²) in [5.41, 5.74) is 2.14. The van der Waals surface area contributed by atoms with E-state index in [1.165, 1.54) is 0 Å². The van der Waals surface area contributed by atoms with E-state index >= 15 is 0 Å². The minimum absolute atomic E-state index is 0.0292. The molecule has 0 saturated carbocycles. The Morgan fingerprint density at radius 2 is 2.14 bits per heavy atom. The first-order valence-electron chi connectivity index (χ1n) is 7.01. The zero-order valence-corrected chi connectivity index (χ0v) is 13.1. The molecule has 0 spiro atoms. The van der Waals surface area contributed by atoms with E-state index < -0.39 is 0 Å². The van der Waals surface area contributed by atoms with Crippen LogP contribution in [0.5, 0.6) is 0 Å². The van der Waals surface area contributed by atoms with Crippen molar-refractivity contribution in [2.75, 3.05) is 0 Å². The molecule has 1 atom stereocenters. The average Bonchev–Trinajstić information content (AvgIpc) is 3.16. The molecule has 0 fully saturated rings. The number of carbonyl (C=O) groups excluding carboxylic acids is 1. The lowest BCUT2D eigenvalue weighted by atomic mass is 10.0. The second kappa shape index (κ2) is 6.18. The van der Waals surface area contributed by atoms with Crippen LogP contribution in [-0.2, 0) is 6.54 Å². The molecule has 1 N–H and O–H groups in total. The number of nitrogens with zero attached hydrogens (tertiary/aromatic N) is 5. The Kier molecular flexibility index (Phi) is 4.10. The minimum Gasteiger partial charge on any atom is -0.347 e. The van der Waals surface area contributed by atoms with Crippen molar-refractivity contribution >= 4 is 28.7 Å². The maximum Gasteiger partial charge on any atom is 0.251 e. The van der Waals surface area contributed by atoms with Gasteiger partial charge in [-0.2, -0.15) is 8.75 Å². The van der Waals surface area contributed by atoms with Crippen molar-refractivity contribution in [3.63, 3.8) is 0 Å². The minimum atomic E-state index is -0.117. The predicted octanol–water partition coefficient (Wildman–Crippen LogP) is 1.74. The third-order valence-corrected chi connectivity index (χ3v) is 4.05. The van der Waals surface area contributed by atoms with Gasteiger partial charge in [0.25, 0.3) is 5.91 Å². The van der Waals surface area contributed by atoms with Crippen LogP contribution in [0.4, 0.5) is 0 Å². The molecule has 0 aliphatic carbocycles. The Bertz CT molecular complexity index is 767. The number of hydrogen-bond acceptors (Lipinski definition) is 6. The Morgan fingerprint density at radius 1 is 1.32 bits per heavy atom. The van der Waals surface area contributed by atoms with Gasteiger partial charge in [0, 0.05) is 11.8 Å². The highest BCUT2D eigenvalue weighted by atomic mass is 32.1. The normalized spacial score (nSPS) is 12.7. The third kappa shape index (κ3) is 3.11. The summed E-state index contributed by atoms with van der Waals surface area (Å²) in [4.78, 5) is 12.5. The molecule has 0 aliphatic rings. The Hall–Kier alpha value is -2.35. The van der Waals surface area contributed by atoms with Gasteiger partial charge < -0.3 is 5.32 Å². The van der Waals surface area contributed by atoms with Crippen molar-refractivity contribution in [3.8, 4) is 0 Å². The molecule has 0 saturated heterocycles. The van der Waals surface area contributed by atoms with Crippen molar-refractivity contribution in [1.82, 2.24) is 29.1 Å². The van der Waals surface area contributed by atoms with Gasteiger partial charge in [0.05, 0.1) is 30.5 Å². The summed E-state index contributed by atoms with van der Waals surface area (Å²) in [5, 5.41) is 10.8. The molecule has 0 radical (unpaired) electrons. The van der Waals surface area contributed by atoms with E-state index in [1.54, 1.807) is 29.2 Å². The van der Waals surface area contributed by atoms with Crippen LogP contribution in [0.1, 0.15) is 24.2 Å². The van der Waals surface area contributed by atoms with E-state index in [9.17, 15) is 4.79 Å². The van der Waals surface area contributed by atoms with Crippen LogP contribution < -0.4 is 5.32 Å². The van der Waals surface area contributed by atoms with Gasteiger partial charge in [-0.15, -0.1) is 5.10 Å². The first-order chi connectivity index (χ1) is 10.6. The second-order valence-electron chi connectivity index (χ2n) is 5.42. The number of hydrogen-bond donors (Lipinski definition) is 1.